The van der Waals surface area contributed by atoms with Crippen molar-refractivity contribution in [3.63, 3.8) is 0 Å². The summed E-state index contributed by atoms with van der Waals surface area (Å²) in [5.41, 5.74) is 4.82. The highest BCUT2D eigenvalue weighted by atomic mass is 16.6. The van der Waals surface area contributed by atoms with Crippen molar-refractivity contribution in [1.29, 1.82) is 0 Å². The molecule has 0 aromatic heterocycles. The lowest BCUT2D eigenvalue weighted by Crippen LogP contribution is -2.49. The summed E-state index contributed by atoms with van der Waals surface area (Å²) >= 11 is 0. The first kappa shape index (κ1) is 12.2. The number of alkyl carbamates (subject to hydrolysis) is 1. The molecule has 0 heterocycles. The second-order valence-electron chi connectivity index (χ2n) is 3.91. The van der Waals surface area contributed by atoms with Gasteiger partial charge in [0.15, 0.2) is 0 Å². The summed E-state index contributed by atoms with van der Waals surface area (Å²) in [5, 5.41) is 11.3. The zero-order chi connectivity index (χ0) is 10.6. The third-order valence-electron chi connectivity index (χ3n) is 1.20. The maximum absolute atomic E-state index is 11.0. The zero-order valence-electron chi connectivity index (χ0n) is 8.50. The molecule has 0 rings (SSSR count). The molecule has 0 radical (unpaired) electrons. The van der Waals surface area contributed by atoms with E-state index in [0.717, 1.165) is 0 Å². The first-order valence-corrected chi connectivity index (χ1v) is 4.15. The number of hydrogen-bond donors (Lipinski definition) is 3. The Morgan fingerprint density at radius 2 is 2.00 bits per heavy atom. The number of nitrogens with two attached hydrogens (primary N) is 1. The monoisotopic (exact) mass is 190 g/mol. The van der Waals surface area contributed by atoms with Gasteiger partial charge in [0.2, 0.25) is 0 Å². The smallest absolute Gasteiger partial charge is 0.408 e. The molecule has 0 aliphatic heterocycles. The van der Waals surface area contributed by atoms with Crippen LogP contribution in [0.15, 0.2) is 0 Å². The van der Waals surface area contributed by atoms with Gasteiger partial charge in [-0.1, -0.05) is 0 Å². The van der Waals surface area contributed by atoms with Crippen LogP contribution in [0, 0.1) is 0 Å². The third-order valence-corrected chi connectivity index (χ3v) is 1.20. The molecule has 4 N–H and O–H groups in total. The van der Waals surface area contributed by atoms with Gasteiger partial charge in [0, 0.05) is 0 Å². The van der Waals surface area contributed by atoms with E-state index >= 15 is 0 Å². The van der Waals surface area contributed by atoms with Crippen LogP contribution in [0.25, 0.3) is 0 Å². The Hall–Kier alpha value is -0.810. The summed E-state index contributed by atoms with van der Waals surface area (Å²) in [7, 11) is 0. The number of nitrogens with one attached hydrogen (secondary N) is 1. The molecule has 5 heteroatoms. The Labute approximate surface area is 78.3 Å². The predicted octanol–water partition coefficient (Wildman–Crippen LogP) is 0.177. The lowest BCUT2D eigenvalue weighted by Gasteiger charge is -2.22. The molecule has 2 unspecified atom stereocenters. The van der Waals surface area contributed by atoms with Gasteiger partial charge in [0.25, 0.3) is 0 Å². The van der Waals surface area contributed by atoms with Crippen LogP contribution in [0.3, 0.4) is 0 Å². The number of ether oxygens (including phenoxy) is 1. The van der Waals surface area contributed by atoms with Crippen molar-refractivity contribution in [3.05, 3.63) is 0 Å². The molecule has 1 amide bonds. The summed E-state index contributed by atoms with van der Waals surface area (Å²) in [6.07, 6.45) is -2.22. The van der Waals surface area contributed by atoms with Crippen LogP contribution in [-0.4, -0.2) is 29.1 Å². The van der Waals surface area contributed by atoms with E-state index < -0.39 is 24.0 Å². The summed E-state index contributed by atoms with van der Waals surface area (Å²) in [4.78, 5) is 11.0. The van der Waals surface area contributed by atoms with Gasteiger partial charge in [-0.2, -0.15) is 0 Å². The molecule has 0 aromatic rings. The van der Waals surface area contributed by atoms with E-state index in [1.165, 1.54) is 6.92 Å². The fraction of sp³-hybridized carbons (Fsp3) is 0.875. The SMILES string of the molecule is CC(O)C(N)NC(=O)OC(C)(C)C. The topological polar surface area (TPSA) is 84.6 Å². The number of amides is 1. The second kappa shape index (κ2) is 4.43. The third kappa shape index (κ3) is 6.36. The van der Waals surface area contributed by atoms with Gasteiger partial charge in [0.05, 0.1) is 6.10 Å². The van der Waals surface area contributed by atoms with Crippen molar-refractivity contribution in [2.75, 3.05) is 0 Å². The van der Waals surface area contributed by atoms with Crippen molar-refractivity contribution in [1.82, 2.24) is 5.32 Å². The molecular formula is C8H18N2O3. The van der Waals surface area contributed by atoms with Gasteiger partial charge < -0.3 is 20.9 Å². The van der Waals surface area contributed by atoms with Crippen molar-refractivity contribution < 1.29 is 14.6 Å². The normalized spacial score (nSPS) is 16.2. The Morgan fingerprint density at radius 1 is 1.54 bits per heavy atom. The van der Waals surface area contributed by atoms with Gasteiger partial charge in [0.1, 0.15) is 11.8 Å². The second-order valence-corrected chi connectivity index (χ2v) is 3.91. The molecule has 78 valence electrons. The summed E-state index contributed by atoms with van der Waals surface area (Å²) in [5.74, 6) is 0. The van der Waals surface area contributed by atoms with E-state index in [0.29, 0.717) is 0 Å². The van der Waals surface area contributed by atoms with E-state index in [1.807, 2.05) is 0 Å². The average molecular weight is 190 g/mol. The Kier molecular flexibility index (Phi) is 4.16. The molecule has 0 aromatic carbocycles. The molecule has 0 fully saturated rings. The lowest BCUT2D eigenvalue weighted by molar-refractivity contribution is 0.0442. The van der Waals surface area contributed by atoms with Crippen LogP contribution >= 0.6 is 0 Å². The van der Waals surface area contributed by atoms with Crippen LogP contribution in [0.2, 0.25) is 0 Å². The van der Waals surface area contributed by atoms with Gasteiger partial charge in [-0.3, -0.25) is 0 Å². The Morgan fingerprint density at radius 3 is 2.31 bits per heavy atom. The van der Waals surface area contributed by atoms with Crippen LogP contribution in [0.4, 0.5) is 4.79 Å². The lowest BCUT2D eigenvalue weighted by atomic mass is 10.2. The first-order valence-electron chi connectivity index (χ1n) is 4.15. The van der Waals surface area contributed by atoms with Crippen molar-refractivity contribution in [3.8, 4) is 0 Å². The van der Waals surface area contributed by atoms with Gasteiger partial charge in [-0.25, -0.2) is 4.79 Å². The molecule has 5 nitrogen and oxygen atoms in total. The minimum atomic E-state index is -0.799. The summed E-state index contributed by atoms with van der Waals surface area (Å²) in [6, 6.07) is 0. The summed E-state index contributed by atoms with van der Waals surface area (Å²) in [6.45, 7) is 6.74. The molecule has 0 saturated heterocycles. The van der Waals surface area contributed by atoms with E-state index in [1.54, 1.807) is 20.8 Å². The van der Waals surface area contributed by atoms with Crippen LogP contribution in [-0.2, 0) is 4.74 Å². The predicted molar refractivity (Wildman–Crippen MR) is 49.0 cm³/mol. The highest BCUT2D eigenvalue weighted by Crippen LogP contribution is 2.06. The number of carbonyl (C=O) groups is 1. The molecule has 0 saturated carbocycles. The van der Waals surface area contributed by atoms with Gasteiger partial charge in [-0.15, -0.1) is 0 Å². The number of aliphatic hydroxyl groups is 1. The Balaban J connectivity index is 3.89. The standard InChI is InChI=1S/C8H18N2O3/c1-5(11)6(9)10-7(12)13-8(2,3)4/h5-6,11H,9H2,1-4H3,(H,10,12). The van der Waals surface area contributed by atoms with E-state index in [4.69, 9.17) is 15.6 Å². The van der Waals surface area contributed by atoms with Crippen LogP contribution < -0.4 is 11.1 Å². The van der Waals surface area contributed by atoms with Crippen molar-refractivity contribution in [2.24, 2.45) is 5.73 Å². The van der Waals surface area contributed by atoms with Gasteiger partial charge >= 0.3 is 6.09 Å². The minimum Gasteiger partial charge on any atom is -0.444 e. The van der Waals surface area contributed by atoms with Gasteiger partial charge in [-0.05, 0) is 27.7 Å². The largest absolute Gasteiger partial charge is 0.444 e. The minimum absolute atomic E-state index is 0.553. The number of aliphatic hydroxyl groups excluding tert-OH is 1. The molecule has 0 bridgehead atoms. The maximum atomic E-state index is 11.0. The fourth-order valence-corrected chi connectivity index (χ4v) is 0.564. The first-order chi connectivity index (χ1) is 5.72. The molecule has 2 atom stereocenters. The highest BCUT2D eigenvalue weighted by molar-refractivity contribution is 5.68. The van der Waals surface area contributed by atoms with Crippen molar-refractivity contribution in [2.45, 2.75) is 45.6 Å². The number of carbonyl (C=O) groups excluding carboxylic acids is 1. The number of hydrogen-bond acceptors (Lipinski definition) is 4. The number of rotatable bonds is 2. The highest BCUT2D eigenvalue weighted by Gasteiger charge is 2.19. The molecular weight excluding hydrogens is 172 g/mol. The van der Waals surface area contributed by atoms with Crippen LogP contribution in [0.5, 0.6) is 0 Å². The molecule has 13 heavy (non-hydrogen) atoms. The molecule has 0 aliphatic carbocycles. The Bertz CT molecular complexity index is 175. The molecule has 0 spiro atoms. The zero-order valence-corrected chi connectivity index (χ0v) is 8.50. The van der Waals surface area contributed by atoms with Crippen LogP contribution in [0.1, 0.15) is 27.7 Å². The summed E-state index contributed by atoms with van der Waals surface area (Å²) < 4.78 is 4.92. The van der Waals surface area contributed by atoms with E-state index in [9.17, 15) is 4.79 Å². The quantitative estimate of drug-likeness (QED) is 0.542. The molecule has 0 aliphatic rings. The van der Waals surface area contributed by atoms with Crippen molar-refractivity contribution >= 4 is 6.09 Å². The maximum Gasteiger partial charge on any atom is 0.408 e. The van der Waals surface area contributed by atoms with E-state index in [-0.39, 0.29) is 0 Å². The fourth-order valence-electron chi connectivity index (χ4n) is 0.564. The average Bonchev–Trinajstić information content (AvgIpc) is 1.81. The van der Waals surface area contributed by atoms with E-state index in [2.05, 4.69) is 5.32 Å².